The van der Waals surface area contributed by atoms with Crippen LogP contribution in [0.1, 0.15) is 43.8 Å². The quantitative estimate of drug-likeness (QED) is 0.894. The van der Waals surface area contributed by atoms with Crippen molar-refractivity contribution in [1.82, 2.24) is 25.0 Å². The van der Waals surface area contributed by atoms with E-state index in [1.807, 2.05) is 18.5 Å². The number of likely N-dealkylation sites (tertiary alicyclic amines) is 1. The normalized spacial score (nSPS) is 25.0. The van der Waals surface area contributed by atoms with Crippen molar-refractivity contribution in [3.63, 3.8) is 0 Å². The van der Waals surface area contributed by atoms with E-state index in [1.165, 1.54) is 12.8 Å². The van der Waals surface area contributed by atoms with Gasteiger partial charge in [-0.15, -0.1) is 0 Å². The minimum absolute atomic E-state index is 0.341. The van der Waals surface area contributed by atoms with Crippen LogP contribution in [0.3, 0.4) is 0 Å². The molecule has 1 aromatic heterocycles. The number of hydrogen-bond donors (Lipinski definition) is 1. The van der Waals surface area contributed by atoms with E-state index in [9.17, 15) is 4.79 Å². The first-order valence-electron chi connectivity index (χ1n) is 8.98. The second-order valence-electron chi connectivity index (χ2n) is 7.13. The fourth-order valence-electron chi connectivity index (χ4n) is 3.87. The smallest absolute Gasteiger partial charge is 0.222 e. The Hall–Kier alpha value is -1.43. The molecule has 1 amide bonds. The summed E-state index contributed by atoms with van der Waals surface area (Å²) in [6.07, 6.45) is 5.25. The summed E-state index contributed by atoms with van der Waals surface area (Å²) in [7, 11) is 0. The van der Waals surface area contributed by atoms with Gasteiger partial charge in [0.25, 0.3) is 0 Å². The number of aromatic nitrogens is 3. The number of nitrogens with zero attached hydrogens (tertiary/aromatic N) is 4. The zero-order valence-corrected chi connectivity index (χ0v) is 14.4. The molecule has 3 rings (SSSR count). The fraction of sp³-hybridized carbons (Fsp3) is 0.824. The van der Waals surface area contributed by atoms with Gasteiger partial charge in [-0.1, -0.05) is 0 Å². The van der Waals surface area contributed by atoms with E-state index in [1.54, 1.807) is 0 Å². The van der Waals surface area contributed by atoms with Gasteiger partial charge in [0.2, 0.25) is 5.91 Å². The number of rotatable bonds is 5. The first-order chi connectivity index (χ1) is 11.1. The summed E-state index contributed by atoms with van der Waals surface area (Å²) in [4.78, 5) is 18.9. The van der Waals surface area contributed by atoms with Crippen LogP contribution < -0.4 is 5.32 Å². The largest absolute Gasteiger partial charge is 0.342 e. The summed E-state index contributed by atoms with van der Waals surface area (Å²) in [5.41, 5.74) is 0. The molecule has 6 heteroatoms. The number of piperidine rings is 1. The summed E-state index contributed by atoms with van der Waals surface area (Å²) < 4.78 is 2.00. The molecule has 23 heavy (non-hydrogen) atoms. The van der Waals surface area contributed by atoms with E-state index >= 15 is 0 Å². The lowest BCUT2D eigenvalue weighted by atomic mass is 9.96. The van der Waals surface area contributed by atoms with Crippen LogP contribution in [0.25, 0.3) is 0 Å². The van der Waals surface area contributed by atoms with E-state index < -0.39 is 0 Å². The molecule has 6 nitrogen and oxygen atoms in total. The number of nitrogens with one attached hydrogen (secondary N) is 1. The maximum absolute atomic E-state index is 12.5. The molecular formula is C17H29N5O. The Labute approximate surface area is 138 Å². The third kappa shape index (κ3) is 4.31. The molecule has 2 fully saturated rings. The first-order valence-corrected chi connectivity index (χ1v) is 8.98. The molecule has 128 valence electrons. The molecule has 2 unspecified atom stereocenters. The third-order valence-electron chi connectivity index (χ3n) is 5.19. The molecule has 1 aromatic rings. The molecule has 0 aliphatic carbocycles. The number of carbonyl (C=O) groups excluding carboxylic acids is 1. The first kappa shape index (κ1) is 16.4. The van der Waals surface area contributed by atoms with Crippen LogP contribution in [0.4, 0.5) is 0 Å². The molecule has 2 aliphatic rings. The third-order valence-corrected chi connectivity index (χ3v) is 5.19. The number of carbonyl (C=O) groups is 1. The average Bonchev–Trinajstić information content (AvgIpc) is 3.15. The van der Waals surface area contributed by atoms with E-state index in [4.69, 9.17) is 0 Å². The summed E-state index contributed by atoms with van der Waals surface area (Å²) in [5, 5.41) is 7.83. The van der Waals surface area contributed by atoms with Gasteiger partial charge in [-0.2, -0.15) is 5.10 Å². The number of hydrogen-bond acceptors (Lipinski definition) is 4. The Morgan fingerprint density at radius 1 is 1.30 bits per heavy atom. The molecule has 3 heterocycles. The van der Waals surface area contributed by atoms with Gasteiger partial charge in [0.05, 0.1) is 0 Å². The molecule has 0 spiro atoms. The van der Waals surface area contributed by atoms with Crippen molar-refractivity contribution >= 4 is 5.91 Å². The summed E-state index contributed by atoms with van der Waals surface area (Å²) in [6.45, 7) is 8.80. The lowest BCUT2D eigenvalue weighted by molar-refractivity contribution is -0.133. The average molecular weight is 319 g/mol. The van der Waals surface area contributed by atoms with Gasteiger partial charge in [0.1, 0.15) is 11.6 Å². The second-order valence-corrected chi connectivity index (χ2v) is 7.13. The SMILES string of the molecule is Cc1nc(C)n(CC2CCCN(C(=O)CCC3CCNC3)C2)n1. The topological polar surface area (TPSA) is 63.1 Å². The number of aryl methyl sites for hydroxylation is 2. The van der Waals surface area contributed by atoms with Crippen molar-refractivity contribution in [2.45, 2.75) is 52.5 Å². The Balaban J connectivity index is 1.49. The van der Waals surface area contributed by atoms with Crippen LogP contribution >= 0.6 is 0 Å². The van der Waals surface area contributed by atoms with Crippen LogP contribution in [0, 0.1) is 25.7 Å². The predicted octanol–water partition coefficient (Wildman–Crippen LogP) is 1.52. The molecule has 0 bridgehead atoms. The van der Waals surface area contributed by atoms with Crippen LogP contribution in [0.15, 0.2) is 0 Å². The molecule has 2 saturated heterocycles. The van der Waals surface area contributed by atoms with E-state index in [0.29, 0.717) is 24.2 Å². The maximum Gasteiger partial charge on any atom is 0.222 e. The van der Waals surface area contributed by atoms with Crippen molar-refractivity contribution in [3.8, 4) is 0 Å². The molecule has 0 aromatic carbocycles. The molecule has 2 aliphatic heterocycles. The monoisotopic (exact) mass is 319 g/mol. The van der Waals surface area contributed by atoms with Gasteiger partial charge < -0.3 is 10.2 Å². The van der Waals surface area contributed by atoms with Crippen molar-refractivity contribution in [2.75, 3.05) is 26.2 Å². The van der Waals surface area contributed by atoms with E-state index in [-0.39, 0.29) is 0 Å². The van der Waals surface area contributed by atoms with Gasteiger partial charge in [-0.3, -0.25) is 4.79 Å². The van der Waals surface area contributed by atoms with E-state index in [0.717, 1.165) is 57.2 Å². The zero-order chi connectivity index (χ0) is 16.2. The van der Waals surface area contributed by atoms with Gasteiger partial charge in [-0.25, -0.2) is 9.67 Å². The Morgan fingerprint density at radius 2 is 2.17 bits per heavy atom. The van der Waals surface area contributed by atoms with Crippen LogP contribution in [-0.2, 0) is 11.3 Å². The maximum atomic E-state index is 12.5. The molecule has 2 atom stereocenters. The van der Waals surface area contributed by atoms with Gasteiger partial charge >= 0.3 is 0 Å². The lowest BCUT2D eigenvalue weighted by Crippen LogP contribution is -2.41. The Kier molecular flexibility index (Phi) is 5.30. The minimum Gasteiger partial charge on any atom is -0.342 e. The van der Waals surface area contributed by atoms with Crippen LogP contribution in [0.2, 0.25) is 0 Å². The highest BCUT2D eigenvalue weighted by Gasteiger charge is 2.25. The van der Waals surface area contributed by atoms with Crippen LogP contribution in [-0.4, -0.2) is 51.8 Å². The Bertz CT molecular complexity index is 535. The van der Waals surface area contributed by atoms with E-state index in [2.05, 4.69) is 20.3 Å². The van der Waals surface area contributed by atoms with Crippen molar-refractivity contribution in [1.29, 1.82) is 0 Å². The van der Waals surface area contributed by atoms with Gasteiger partial charge in [0, 0.05) is 26.1 Å². The summed E-state index contributed by atoms with van der Waals surface area (Å²) >= 11 is 0. The van der Waals surface area contributed by atoms with Crippen molar-refractivity contribution < 1.29 is 4.79 Å². The summed E-state index contributed by atoms with van der Waals surface area (Å²) in [6, 6.07) is 0. The number of amides is 1. The van der Waals surface area contributed by atoms with Crippen molar-refractivity contribution in [3.05, 3.63) is 11.6 Å². The zero-order valence-electron chi connectivity index (χ0n) is 14.4. The highest BCUT2D eigenvalue weighted by molar-refractivity contribution is 5.76. The van der Waals surface area contributed by atoms with Crippen LogP contribution in [0.5, 0.6) is 0 Å². The van der Waals surface area contributed by atoms with Gasteiger partial charge in [-0.05, 0) is 64.5 Å². The minimum atomic E-state index is 0.341. The molecule has 0 saturated carbocycles. The highest BCUT2D eigenvalue weighted by Crippen LogP contribution is 2.21. The molecule has 0 radical (unpaired) electrons. The molecular weight excluding hydrogens is 290 g/mol. The standard InChI is InChI=1S/C17H29N5O/c1-13-19-14(2)22(20-13)12-16-4-3-9-21(11-16)17(23)6-5-15-7-8-18-10-15/h15-16,18H,3-12H2,1-2H3. The second kappa shape index (κ2) is 7.43. The molecule has 1 N–H and O–H groups in total. The predicted molar refractivity (Wildman–Crippen MR) is 89.0 cm³/mol. The van der Waals surface area contributed by atoms with Gasteiger partial charge in [0.15, 0.2) is 0 Å². The lowest BCUT2D eigenvalue weighted by Gasteiger charge is -2.33. The highest BCUT2D eigenvalue weighted by atomic mass is 16.2. The Morgan fingerprint density at radius 3 is 2.87 bits per heavy atom. The fourth-order valence-corrected chi connectivity index (χ4v) is 3.87. The van der Waals surface area contributed by atoms with Crippen molar-refractivity contribution in [2.24, 2.45) is 11.8 Å². The summed E-state index contributed by atoms with van der Waals surface area (Å²) in [5.74, 6) is 3.34.